The fourth-order valence-electron chi connectivity index (χ4n) is 1.57. The fraction of sp³-hybridized carbons (Fsp3) is 0.286. The minimum absolute atomic E-state index is 0.593. The van der Waals surface area contributed by atoms with Crippen LogP contribution in [0.2, 0.25) is 0 Å². The van der Waals surface area contributed by atoms with Crippen LogP contribution in [0.1, 0.15) is 24.4 Å². The second-order valence-corrected chi connectivity index (χ2v) is 5.64. The normalized spacial score (nSPS) is 12.2. The Morgan fingerprint density at radius 2 is 1.75 bits per heavy atom. The van der Waals surface area contributed by atoms with Gasteiger partial charge in [-0.25, -0.2) is 11.6 Å². The van der Waals surface area contributed by atoms with E-state index < -0.39 is 17.3 Å². The van der Waals surface area contributed by atoms with Gasteiger partial charge in [0.2, 0.25) is 0 Å². The highest BCUT2D eigenvalue weighted by atomic mass is 32.1. The second kappa shape index (κ2) is 4.91. The average molecular weight is 296 g/mol. The Morgan fingerprint density at radius 3 is 2.25 bits per heavy atom. The number of nitrogens with zero attached hydrogens (tertiary/aromatic N) is 2. The third-order valence-corrected chi connectivity index (χ3v) is 3.97. The van der Waals surface area contributed by atoms with Crippen molar-refractivity contribution >= 4 is 11.3 Å². The largest absolute Gasteiger partial charge is 0.416 e. The summed E-state index contributed by atoms with van der Waals surface area (Å²) in [6.07, 6.45) is -4.34. The molecule has 20 heavy (non-hydrogen) atoms. The molecular formula is C14H11F3N2S. The summed E-state index contributed by atoms with van der Waals surface area (Å²) in [6, 6.07) is 4.86. The zero-order valence-electron chi connectivity index (χ0n) is 10.8. The number of hydrogen-bond acceptors (Lipinski definition) is 2. The molecule has 1 aromatic heterocycles. The molecule has 0 saturated heterocycles. The van der Waals surface area contributed by atoms with E-state index in [1.165, 1.54) is 23.5 Å². The lowest BCUT2D eigenvalue weighted by molar-refractivity contribution is -0.137. The standard InChI is InChI=1S/C14H11F3N2S/c1-13(2,18-3)12-19-11(8-20-12)9-4-6-10(7-5-9)14(15,16)17/h4-8H,1-2H3. The molecular weight excluding hydrogens is 285 g/mol. The molecule has 0 N–H and O–H groups in total. The number of thiazole rings is 1. The molecule has 0 radical (unpaired) electrons. The summed E-state index contributed by atoms with van der Waals surface area (Å²) in [5, 5.41) is 2.41. The third-order valence-electron chi connectivity index (χ3n) is 2.82. The molecule has 0 aliphatic carbocycles. The predicted octanol–water partition coefficient (Wildman–Crippen LogP) is 4.98. The van der Waals surface area contributed by atoms with Gasteiger partial charge in [-0.05, 0) is 12.1 Å². The van der Waals surface area contributed by atoms with Crippen LogP contribution in [0.3, 0.4) is 0 Å². The molecule has 0 bridgehead atoms. The topological polar surface area (TPSA) is 17.2 Å². The van der Waals surface area contributed by atoms with Gasteiger partial charge in [-0.2, -0.15) is 13.2 Å². The van der Waals surface area contributed by atoms with Crippen molar-refractivity contribution in [2.24, 2.45) is 0 Å². The van der Waals surface area contributed by atoms with Crippen LogP contribution in [-0.4, -0.2) is 4.98 Å². The van der Waals surface area contributed by atoms with Crippen molar-refractivity contribution in [3.63, 3.8) is 0 Å². The van der Waals surface area contributed by atoms with Crippen molar-refractivity contribution in [1.29, 1.82) is 0 Å². The van der Waals surface area contributed by atoms with Crippen molar-refractivity contribution in [3.8, 4) is 11.3 Å². The number of halogens is 3. The van der Waals surface area contributed by atoms with Gasteiger partial charge in [0.15, 0.2) is 5.01 Å². The minimum atomic E-state index is -4.34. The van der Waals surface area contributed by atoms with E-state index in [9.17, 15) is 13.2 Å². The Hall–Kier alpha value is -1.87. The maximum absolute atomic E-state index is 12.5. The molecule has 2 rings (SSSR count). The molecule has 0 aliphatic heterocycles. The first-order valence-corrected chi connectivity index (χ1v) is 6.64. The Bertz CT molecular complexity index is 648. The van der Waals surface area contributed by atoms with Crippen LogP contribution < -0.4 is 0 Å². The molecule has 0 aliphatic rings. The Morgan fingerprint density at radius 1 is 1.15 bits per heavy atom. The number of benzene rings is 1. The van der Waals surface area contributed by atoms with Crippen LogP contribution in [0.15, 0.2) is 29.6 Å². The van der Waals surface area contributed by atoms with Gasteiger partial charge in [0.05, 0.1) is 11.3 Å². The average Bonchev–Trinajstić information content (AvgIpc) is 2.88. The molecule has 1 heterocycles. The molecule has 0 amide bonds. The van der Waals surface area contributed by atoms with Crippen molar-refractivity contribution in [1.82, 2.24) is 4.98 Å². The summed E-state index contributed by atoms with van der Waals surface area (Å²) in [5.41, 5.74) is -0.190. The van der Waals surface area contributed by atoms with E-state index in [0.29, 0.717) is 16.3 Å². The summed E-state index contributed by atoms with van der Waals surface area (Å²) in [7, 11) is 0. The molecule has 0 fully saturated rings. The van der Waals surface area contributed by atoms with Gasteiger partial charge in [0, 0.05) is 24.8 Å². The molecule has 6 heteroatoms. The zero-order chi connectivity index (χ0) is 15.0. The summed E-state index contributed by atoms with van der Waals surface area (Å²) in [4.78, 5) is 7.83. The van der Waals surface area contributed by atoms with E-state index in [4.69, 9.17) is 6.57 Å². The van der Waals surface area contributed by atoms with Crippen LogP contribution in [0.4, 0.5) is 13.2 Å². The van der Waals surface area contributed by atoms with E-state index in [-0.39, 0.29) is 0 Å². The van der Waals surface area contributed by atoms with Crippen LogP contribution >= 0.6 is 11.3 Å². The first kappa shape index (κ1) is 14.5. The lowest BCUT2D eigenvalue weighted by atomic mass is 10.1. The number of aromatic nitrogens is 1. The van der Waals surface area contributed by atoms with E-state index in [2.05, 4.69) is 9.83 Å². The fourth-order valence-corrected chi connectivity index (χ4v) is 2.46. The van der Waals surface area contributed by atoms with Crippen LogP contribution in [0, 0.1) is 6.57 Å². The van der Waals surface area contributed by atoms with E-state index in [1.807, 2.05) is 0 Å². The van der Waals surface area contributed by atoms with Gasteiger partial charge in [-0.1, -0.05) is 12.1 Å². The van der Waals surface area contributed by atoms with Gasteiger partial charge < -0.3 is 4.85 Å². The highest BCUT2D eigenvalue weighted by molar-refractivity contribution is 7.10. The Balaban J connectivity index is 2.32. The number of rotatable bonds is 2. The van der Waals surface area contributed by atoms with Gasteiger partial charge in [0.25, 0.3) is 5.54 Å². The van der Waals surface area contributed by atoms with Gasteiger partial charge in [0.1, 0.15) is 0 Å². The maximum atomic E-state index is 12.5. The SMILES string of the molecule is [C-]#[N+]C(C)(C)c1nc(-c2ccc(C(F)(F)F)cc2)cs1. The van der Waals surface area contributed by atoms with Crippen molar-refractivity contribution in [2.75, 3.05) is 0 Å². The molecule has 2 nitrogen and oxygen atoms in total. The monoisotopic (exact) mass is 296 g/mol. The van der Waals surface area contributed by atoms with E-state index in [0.717, 1.165) is 12.1 Å². The lowest BCUT2D eigenvalue weighted by Crippen LogP contribution is -2.10. The van der Waals surface area contributed by atoms with Crippen molar-refractivity contribution in [2.45, 2.75) is 25.6 Å². The summed E-state index contributed by atoms with van der Waals surface area (Å²) < 4.78 is 37.4. The predicted molar refractivity (Wildman–Crippen MR) is 72.2 cm³/mol. The van der Waals surface area contributed by atoms with Crippen molar-refractivity contribution < 1.29 is 13.2 Å². The quantitative estimate of drug-likeness (QED) is 0.714. The first-order chi connectivity index (χ1) is 9.24. The number of hydrogen-bond donors (Lipinski definition) is 0. The lowest BCUT2D eigenvalue weighted by Gasteiger charge is -2.07. The van der Waals surface area contributed by atoms with Crippen molar-refractivity contribution in [3.05, 3.63) is 51.6 Å². The highest BCUT2D eigenvalue weighted by Crippen LogP contribution is 2.33. The van der Waals surface area contributed by atoms with Gasteiger partial charge in [-0.3, -0.25) is 0 Å². The Labute approximate surface area is 118 Å². The molecule has 104 valence electrons. The third kappa shape index (κ3) is 2.83. The summed E-state index contributed by atoms with van der Waals surface area (Å²) in [6.45, 7) is 10.6. The van der Waals surface area contributed by atoms with E-state index in [1.54, 1.807) is 19.2 Å². The minimum Gasteiger partial charge on any atom is -0.303 e. The highest BCUT2D eigenvalue weighted by Gasteiger charge is 2.31. The van der Waals surface area contributed by atoms with Crippen LogP contribution in [0.5, 0.6) is 0 Å². The summed E-state index contributed by atoms with van der Waals surface area (Å²) in [5.74, 6) is 0. The van der Waals surface area contributed by atoms with Crippen LogP contribution in [0.25, 0.3) is 16.1 Å². The second-order valence-electron chi connectivity index (χ2n) is 4.78. The molecule has 1 aromatic carbocycles. The molecule has 0 atom stereocenters. The van der Waals surface area contributed by atoms with E-state index >= 15 is 0 Å². The first-order valence-electron chi connectivity index (χ1n) is 5.76. The molecule has 0 unspecified atom stereocenters. The molecule has 0 saturated carbocycles. The Kier molecular flexibility index (Phi) is 3.57. The molecule has 0 spiro atoms. The summed E-state index contributed by atoms with van der Waals surface area (Å²) >= 11 is 1.34. The smallest absolute Gasteiger partial charge is 0.303 e. The van der Waals surface area contributed by atoms with Crippen LogP contribution in [-0.2, 0) is 11.7 Å². The van der Waals surface area contributed by atoms with Gasteiger partial charge in [-0.15, -0.1) is 11.3 Å². The molecule has 2 aromatic rings. The number of alkyl halides is 3. The van der Waals surface area contributed by atoms with Gasteiger partial charge >= 0.3 is 6.18 Å². The zero-order valence-corrected chi connectivity index (χ0v) is 11.6. The maximum Gasteiger partial charge on any atom is 0.416 e.